The lowest BCUT2D eigenvalue weighted by molar-refractivity contribution is -0.117. The van der Waals surface area contributed by atoms with Crippen molar-refractivity contribution < 1.29 is 18.8 Å². The van der Waals surface area contributed by atoms with E-state index in [2.05, 4.69) is 26.6 Å². The number of carbonyl (C=O) groups excluding carboxylic acids is 3. The van der Waals surface area contributed by atoms with Crippen molar-refractivity contribution in [3.8, 4) is 11.3 Å². The summed E-state index contributed by atoms with van der Waals surface area (Å²) in [6.07, 6.45) is 1.50. The van der Waals surface area contributed by atoms with Gasteiger partial charge in [0.25, 0.3) is 11.8 Å². The van der Waals surface area contributed by atoms with Gasteiger partial charge in [0, 0.05) is 43.6 Å². The molecule has 9 heteroatoms. The number of anilines is 3. The van der Waals surface area contributed by atoms with Crippen LogP contribution in [-0.2, 0) is 9.59 Å². The minimum Gasteiger partial charge on any atom is -0.457 e. The zero-order chi connectivity index (χ0) is 34.9. The summed E-state index contributed by atoms with van der Waals surface area (Å²) >= 11 is 4.87. The van der Waals surface area contributed by atoms with Crippen LogP contribution in [0.4, 0.5) is 17.1 Å². The van der Waals surface area contributed by atoms with E-state index in [0.29, 0.717) is 22.8 Å². The van der Waals surface area contributed by atoms with E-state index >= 15 is 0 Å². The number of benzene rings is 5. The average molecular weight is 743 g/mol. The molecule has 0 radical (unpaired) electrons. The molecule has 50 heavy (non-hydrogen) atoms. The first-order chi connectivity index (χ1) is 24.3. The van der Waals surface area contributed by atoms with Crippen molar-refractivity contribution in [2.24, 2.45) is 0 Å². The third-order valence-corrected chi connectivity index (χ3v) is 9.22. The Morgan fingerprint density at radius 2 is 1.30 bits per heavy atom. The minimum atomic E-state index is -0.527. The van der Waals surface area contributed by atoms with Crippen LogP contribution in [0.15, 0.2) is 171 Å². The van der Waals surface area contributed by atoms with E-state index in [0.717, 1.165) is 26.3 Å². The first kappa shape index (κ1) is 34.2. The molecule has 0 saturated carbocycles. The molecule has 0 aliphatic heterocycles. The van der Waals surface area contributed by atoms with Gasteiger partial charge >= 0.3 is 0 Å². The van der Waals surface area contributed by atoms with E-state index in [1.807, 2.05) is 116 Å². The third kappa shape index (κ3) is 8.68. The van der Waals surface area contributed by atoms with Gasteiger partial charge in [-0.25, -0.2) is 0 Å². The van der Waals surface area contributed by atoms with Crippen LogP contribution in [0.25, 0.3) is 17.4 Å². The topological polar surface area (TPSA) is 91.6 Å². The molecular formula is C41H32BrN3O4S. The van der Waals surface area contributed by atoms with E-state index in [-0.39, 0.29) is 11.6 Å². The van der Waals surface area contributed by atoms with Gasteiger partial charge in [-0.1, -0.05) is 82.7 Å². The van der Waals surface area contributed by atoms with Gasteiger partial charge in [-0.15, -0.1) is 11.8 Å². The number of para-hydroxylation sites is 2. The number of carbonyl (C=O) groups is 3. The summed E-state index contributed by atoms with van der Waals surface area (Å²) in [4.78, 5) is 43.0. The van der Waals surface area contributed by atoms with Crippen molar-refractivity contribution >= 4 is 68.6 Å². The highest BCUT2D eigenvalue weighted by Gasteiger charge is 2.24. The maximum Gasteiger partial charge on any atom is 0.272 e. The molecule has 0 bridgehead atoms. The van der Waals surface area contributed by atoms with Crippen LogP contribution in [0, 0.1) is 0 Å². The molecule has 1 atom stereocenters. The lowest BCUT2D eigenvalue weighted by Crippen LogP contribution is -2.32. The molecule has 0 aliphatic rings. The van der Waals surface area contributed by atoms with Crippen molar-refractivity contribution in [3.05, 3.63) is 173 Å². The van der Waals surface area contributed by atoms with Crippen molar-refractivity contribution in [1.29, 1.82) is 0 Å². The highest BCUT2D eigenvalue weighted by atomic mass is 79.9. The van der Waals surface area contributed by atoms with Crippen LogP contribution < -0.4 is 15.5 Å². The van der Waals surface area contributed by atoms with Crippen LogP contribution in [0.3, 0.4) is 0 Å². The number of nitrogens with zero attached hydrogens (tertiary/aromatic N) is 1. The largest absolute Gasteiger partial charge is 0.457 e. The molecule has 6 rings (SSSR count). The zero-order valence-corrected chi connectivity index (χ0v) is 29.4. The number of hydrogen-bond donors (Lipinski definition) is 2. The molecule has 1 heterocycles. The van der Waals surface area contributed by atoms with Gasteiger partial charge in [0.2, 0.25) is 5.91 Å². The molecule has 3 amide bonds. The second kappa shape index (κ2) is 16.2. The van der Waals surface area contributed by atoms with Gasteiger partial charge in [0.05, 0.1) is 5.25 Å². The minimum absolute atomic E-state index is 0.00939. The molecule has 1 aromatic heterocycles. The summed E-state index contributed by atoms with van der Waals surface area (Å²) in [5, 5.41) is 5.21. The quantitative estimate of drug-likeness (QED) is 0.102. The standard InChI is InChI=1S/C41H32BrN3O4S/c1-28(41(48)45(33-13-7-3-8-14-33)34-15-9-4-10-16-34)50-36-24-21-32(22-25-36)43-40(47)37(44-39(46)30-11-5-2-6-12-30)27-35-23-26-38(49-35)29-17-19-31(42)20-18-29/h2-28H,1H3,(H,43,47)(H,44,46)/b37-27-/t28-/m0/s1. The number of furan rings is 1. The normalized spacial score (nSPS) is 11.8. The first-order valence-corrected chi connectivity index (χ1v) is 17.5. The Morgan fingerprint density at radius 1 is 0.720 bits per heavy atom. The van der Waals surface area contributed by atoms with Crippen molar-refractivity contribution in [1.82, 2.24) is 5.32 Å². The van der Waals surface area contributed by atoms with E-state index in [4.69, 9.17) is 4.42 Å². The fraction of sp³-hybridized carbons (Fsp3) is 0.0488. The highest BCUT2D eigenvalue weighted by Crippen LogP contribution is 2.32. The fourth-order valence-electron chi connectivity index (χ4n) is 5.09. The summed E-state index contributed by atoms with van der Waals surface area (Å²) < 4.78 is 6.96. The van der Waals surface area contributed by atoms with E-state index in [1.54, 1.807) is 47.4 Å². The maximum absolute atomic E-state index is 13.8. The number of rotatable bonds is 11. The number of hydrogen-bond acceptors (Lipinski definition) is 5. The van der Waals surface area contributed by atoms with E-state index in [1.165, 1.54) is 17.8 Å². The number of amides is 3. The SMILES string of the molecule is C[C@H](Sc1ccc(NC(=O)/C(=C/c2ccc(-c3ccc(Br)cc3)o2)NC(=O)c2ccccc2)cc1)C(=O)N(c1ccccc1)c1ccccc1. The predicted octanol–water partition coefficient (Wildman–Crippen LogP) is 9.96. The number of nitrogens with one attached hydrogen (secondary N) is 2. The smallest absolute Gasteiger partial charge is 0.272 e. The van der Waals surface area contributed by atoms with Gasteiger partial charge in [-0.2, -0.15) is 0 Å². The lowest BCUT2D eigenvalue weighted by atomic mass is 10.2. The Bertz CT molecular complexity index is 2060. The Hall–Kier alpha value is -5.64. The average Bonchev–Trinajstić information content (AvgIpc) is 3.62. The van der Waals surface area contributed by atoms with Crippen LogP contribution in [0.2, 0.25) is 0 Å². The molecule has 2 N–H and O–H groups in total. The molecule has 0 saturated heterocycles. The van der Waals surface area contributed by atoms with Crippen molar-refractivity contribution in [2.45, 2.75) is 17.1 Å². The molecule has 7 nitrogen and oxygen atoms in total. The third-order valence-electron chi connectivity index (χ3n) is 7.59. The van der Waals surface area contributed by atoms with Crippen molar-refractivity contribution in [3.63, 3.8) is 0 Å². The number of thioether (sulfide) groups is 1. The Labute approximate surface area is 303 Å². The Kier molecular flexibility index (Phi) is 11.1. The predicted molar refractivity (Wildman–Crippen MR) is 204 cm³/mol. The second-order valence-corrected chi connectivity index (χ2v) is 13.5. The van der Waals surface area contributed by atoms with Crippen LogP contribution in [0.5, 0.6) is 0 Å². The summed E-state index contributed by atoms with van der Waals surface area (Å²) in [5.74, 6) is -0.00510. The molecule has 6 aromatic rings. The van der Waals surface area contributed by atoms with Crippen molar-refractivity contribution in [2.75, 3.05) is 10.2 Å². The van der Waals surface area contributed by atoms with E-state index < -0.39 is 17.1 Å². The highest BCUT2D eigenvalue weighted by molar-refractivity contribution is 9.10. The number of halogens is 1. The van der Waals surface area contributed by atoms with Gasteiger partial charge in [-0.05, 0) is 91.9 Å². The van der Waals surface area contributed by atoms with Gasteiger partial charge in [-0.3, -0.25) is 19.3 Å². The monoisotopic (exact) mass is 741 g/mol. The molecule has 0 fully saturated rings. The molecule has 0 unspecified atom stereocenters. The first-order valence-electron chi connectivity index (χ1n) is 15.8. The fourth-order valence-corrected chi connectivity index (χ4v) is 6.27. The summed E-state index contributed by atoms with van der Waals surface area (Å²) in [7, 11) is 0. The second-order valence-electron chi connectivity index (χ2n) is 11.2. The summed E-state index contributed by atoms with van der Waals surface area (Å²) in [6.45, 7) is 1.88. The molecule has 248 valence electrons. The molecule has 0 spiro atoms. The van der Waals surface area contributed by atoms with Crippen LogP contribution in [-0.4, -0.2) is 23.0 Å². The summed E-state index contributed by atoms with van der Waals surface area (Å²) in [6, 6.07) is 46.2. The van der Waals surface area contributed by atoms with Crippen LogP contribution >= 0.6 is 27.7 Å². The van der Waals surface area contributed by atoms with Gasteiger partial charge in [0.1, 0.15) is 17.2 Å². The zero-order valence-electron chi connectivity index (χ0n) is 27.0. The Balaban J connectivity index is 1.17. The maximum atomic E-state index is 13.8. The Morgan fingerprint density at radius 3 is 1.90 bits per heavy atom. The molecular weight excluding hydrogens is 710 g/mol. The van der Waals surface area contributed by atoms with E-state index in [9.17, 15) is 14.4 Å². The van der Waals surface area contributed by atoms with Gasteiger partial charge < -0.3 is 15.1 Å². The van der Waals surface area contributed by atoms with Crippen LogP contribution in [0.1, 0.15) is 23.0 Å². The summed E-state index contributed by atoms with van der Waals surface area (Å²) in [5.41, 5.74) is 3.38. The molecule has 0 aliphatic carbocycles. The molecule has 5 aromatic carbocycles. The lowest BCUT2D eigenvalue weighted by Gasteiger charge is -2.26. The van der Waals surface area contributed by atoms with Gasteiger partial charge in [0.15, 0.2) is 0 Å².